The summed E-state index contributed by atoms with van der Waals surface area (Å²) in [7, 11) is -4.91. The van der Waals surface area contributed by atoms with Crippen molar-refractivity contribution < 1.29 is 32.8 Å². The lowest BCUT2D eigenvalue weighted by Gasteiger charge is -2.23. The summed E-state index contributed by atoms with van der Waals surface area (Å²) in [6.45, 7) is 1.47. The zero-order valence-corrected chi connectivity index (χ0v) is 13.5. The average Bonchev–Trinajstić information content (AvgIpc) is 2.49. The number of carbonyl (C=O) groups is 2. The Hall–Kier alpha value is -3.11. The molecule has 1 aliphatic carbocycles. The number of nitrogens with two attached hydrogens (primary N) is 2. The van der Waals surface area contributed by atoms with Crippen LogP contribution in [0.15, 0.2) is 17.0 Å². The Kier molecular flexibility index (Phi) is 3.31. The highest BCUT2D eigenvalue weighted by molar-refractivity contribution is 7.86. The Balaban J connectivity index is 2.49. The number of hydrogen-bond donors (Lipinski definition) is 5. The van der Waals surface area contributed by atoms with Crippen LogP contribution in [0.2, 0.25) is 0 Å². The summed E-state index contributed by atoms with van der Waals surface area (Å²) in [5, 5.41) is 20.3. The highest BCUT2D eigenvalue weighted by Gasteiger charge is 2.40. The van der Waals surface area contributed by atoms with Crippen LogP contribution in [0, 0.1) is 6.92 Å². The van der Waals surface area contributed by atoms with E-state index in [2.05, 4.69) is 0 Å². The summed E-state index contributed by atoms with van der Waals surface area (Å²) in [5.74, 6) is -3.47. The lowest BCUT2D eigenvalue weighted by molar-refractivity contribution is 0.0975. The van der Waals surface area contributed by atoms with Crippen molar-refractivity contribution in [2.24, 2.45) is 0 Å². The quantitative estimate of drug-likeness (QED) is 0.234. The molecule has 2 aromatic rings. The van der Waals surface area contributed by atoms with Crippen LogP contribution in [0.1, 0.15) is 37.4 Å². The molecule has 9 nitrogen and oxygen atoms in total. The summed E-state index contributed by atoms with van der Waals surface area (Å²) in [4.78, 5) is 24.5. The molecule has 7 N–H and O–H groups in total. The number of phenolic OH excluding ortho intramolecular Hbond substituents is 2. The van der Waals surface area contributed by atoms with E-state index in [1.165, 1.54) is 13.0 Å². The number of aromatic hydroxyl groups is 2. The number of carbonyl (C=O) groups excluding carboxylic acids is 2. The van der Waals surface area contributed by atoms with Gasteiger partial charge >= 0.3 is 0 Å². The van der Waals surface area contributed by atoms with Crippen LogP contribution >= 0.6 is 0 Å². The molecule has 25 heavy (non-hydrogen) atoms. The molecule has 0 bridgehead atoms. The van der Waals surface area contributed by atoms with Gasteiger partial charge in [0.15, 0.2) is 0 Å². The van der Waals surface area contributed by atoms with Gasteiger partial charge in [0.1, 0.15) is 16.4 Å². The molecule has 0 atom stereocenters. The SMILES string of the molecule is Cc1cc(N)c2c(c1O)C(=O)c1c(N)cc(S(=O)(=O)O)c(O)c1C2=O. The third kappa shape index (κ3) is 2.15. The molecule has 0 saturated heterocycles. The van der Waals surface area contributed by atoms with E-state index in [-0.39, 0.29) is 22.4 Å². The molecule has 2 aromatic carbocycles. The molecule has 0 amide bonds. The molecule has 0 spiro atoms. The van der Waals surface area contributed by atoms with Crippen LogP contribution in [0.5, 0.6) is 11.5 Å². The number of fused-ring (bicyclic) bond motifs is 2. The van der Waals surface area contributed by atoms with Gasteiger partial charge in [-0.25, -0.2) is 0 Å². The largest absolute Gasteiger partial charge is 0.507 e. The van der Waals surface area contributed by atoms with E-state index < -0.39 is 54.9 Å². The number of phenols is 2. The molecule has 1 aliphatic rings. The van der Waals surface area contributed by atoms with Crippen LogP contribution in [-0.4, -0.2) is 34.8 Å². The number of anilines is 2. The summed E-state index contributed by atoms with van der Waals surface area (Å²) < 4.78 is 31.9. The summed E-state index contributed by atoms with van der Waals surface area (Å²) in [6, 6.07) is 1.92. The average molecular weight is 364 g/mol. The van der Waals surface area contributed by atoms with Crippen LogP contribution in [0.3, 0.4) is 0 Å². The summed E-state index contributed by atoms with van der Waals surface area (Å²) >= 11 is 0. The van der Waals surface area contributed by atoms with Crippen molar-refractivity contribution in [1.29, 1.82) is 0 Å². The van der Waals surface area contributed by atoms with E-state index in [0.29, 0.717) is 6.07 Å². The van der Waals surface area contributed by atoms with Gasteiger partial charge in [0.2, 0.25) is 11.6 Å². The number of ketones is 2. The van der Waals surface area contributed by atoms with Crippen LogP contribution in [0.25, 0.3) is 0 Å². The maximum atomic E-state index is 12.8. The molecule has 0 aromatic heterocycles. The molecule has 0 heterocycles. The second kappa shape index (κ2) is 4.94. The topological polar surface area (TPSA) is 181 Å². The number of aryl methyl sites for hydroxylation is 1. The lowest BCUT2D eigenvalue weighted by Crippen LogP contribution is -2.25. The van der Waals surface area contributed by atoms with E-state index in [1.54, 1.807) is 0 Å². The Morgan fingerprint density at radius 3 is 1.76 bits per heavy atom. The first-order valence-corrected chi connectivity index (χ1v) is 8.25. The summed E-state index contributed by atoms with van der Waals surface area (Å²) in [6.07, 6.45) is 0. The molecule has 10 heteroatoms. The van der Waals surface area contributed by atoms with Crippen molar-refractivity contribution in [1.82, 2.24) is 0 Å². The Morgan fingerprint density at radius 2 is 1.28 bits per heavy atom. The van der Waals surface area contributed by atoms with Crippen molar-refractivity contribution in [2.75, 3.05) is 11.5 Å². The number of nitrogen functional groups attached to an aromatic ring is 2. The van der Waals surface area contributed by atoms with E-state index in [0.717, 1.165) is 0 Å². The van der Waals surface area contributed by atoms with Gasteiger partial charge in [0.05, 0.1) is 22.3 Å². The zero-order chi connectivity index (χ0) is 18.8. The minimum Gasteiger partial charge on any atom is -0.507 e. The predicted molar refractivity (Wildman–Crippen MR) is 86.5 cm³/mol. The fourth-order valence-corrected chi connectivity index (χ4v) is 3.50. The maximum Gasteiger partial charge on any atom is 0.298 e. The monoisotopic (exact) mass is 364 g/mol. The van der Waals surface area contributed by atoms with Gasteiger partial charge in [-0.15, -0.1) is 0 Å². The normalized spacial score (nSPS) is 13.5. The fraction of sp³-hybridized carbons (Fsp3) is 0.0667. The molecule has 0 fully saturated rings. The maximum absolute atomic E-state index is 12.8. The van der Waals surface area contributed by atoms with Gasteiger partial charge in [-0.2, -0.15) is 8.42 Å². The number of rotatable bonds is 1. The van der Waals surface area contributed by atoms with E-state index >= 15 is 0 Å². The first-order valence-electron chi connectivity index (χ1n) is 6.81. The molecule has 130 valence electrons. The van der Waals surface area contributed by atoms with Crippen LogP contribution < -0.4 is 11.5 Å². The summed E-state index contributed by atoms with van der Waals surface area (Å²) in [5.41, 5.74) is 9.19. The van der Waals surface area contributed by atoms with Gasteiger partial charge < -0.3 is 21.7 Å². The van der Waals surface area contributed by atoms with Crippen molar-refractivity contribution in [3.05, 3.63) is 39.9 Å². The van der Waals surface area contributed by atoms with Crippen molar-refractivity contribution in [3.63, 3.8) is 0 Å². The zero-order valence-electron chi connectivity index (χ0n) is 12.7. The second-order valence-electron chi connectivity index (χ2n) is 5.58. The number of hydrogen-bond acceptors (Lipinski definition) is 8. The number of benzene rings is 2. The van der Waals surface area contributed by atoms with E-state index in [4.69, 9.17) is 11.5 Å². The third-order valence-electron chi connectivity index (χ3n) is 4.00. The first kappa shape index (κ1) is 16.7. The predicted octanol–water partition coefficient (Wildman–Crippen LogP) is 0.593. The van der Waals surface area contributed by atoms with Gasteiger partial charge in [0, 0.05) is 11.4 Å². The molecule has 0 saturated carbocycles. The molecule has 0 aliphatic heterocycles. The van der Waals surface area contributed by atoms with Crippen LogP contribution in [-0.2, 0) is 10.1 Å². The highest BCUT2D eigenvalue weighted by atomic mass is 32.2. The fourth-order valence-electron chi connectivity index (χ4n) is 2.88. The van der Waals surface area contributed by atoms with Crippen LogP contribution in [0.4, 0.5) is 11.4 Å². The molecule has 0 radical (unpaired) electrons. The molecule has 0 unspecified atom stereocenters. The minimum atomic E-state index is -4.91. The molecular formula is C15H12N2O7S. The van der Waals surface area contributed by atoms with Gasteiger partial charge in [-0.05, 0) is 24.6 Å². The smallest absolute Gasteiger partial charge is 0.298 e. The Bertz CT molecular complexity index is 1100. The van der Waals surface area contributed by atoms with Gasteiger partial charge in [-0.1, -0.05) is 0 Å². The highest BCUT2D eigenvalue weighted by Crippen LogP contribution is 2.44. The van der Waals surface area contributed by atoms with E-state index in [9.17, 15) is 32.8 Å². The second-order valence-corrected chi connectivity index (χ2v) is 6.97. The Labute approximate surface area is 141 Å². The third-order valence-corrected chi connectivity index (χ3v) is 4.87. The molecular weight excluding hydrogens is 352 g/mol. The van der Waals surface area contributed by atoms with Gasteiger partial charge in [-0.3, -0.25) is 14.1 Å². The van der Waals surface area contributed by atoms with Crippen molar-refractivity contribution in [3.8, 4) is 11.5 Å². The van der Waals surface area contributed by atoms with Crippen molar-refractivity contribution in [2.45, 2.75) is 11.8 Å². The van der Waals surface area contributed by atoms with Gasteiger partial charge in [0.25, 0.3) is 10.1 Å². The minimum absolute atomic E-state index is 0.135. The van der Waals surface area contributed by atoms with Crippen molar-refractivity contribution >= 4 is 33.1 Å². The van der Waals surface area contributed by atoms with E-state index in [1.807, 2.05) is 0 Å². The first-order chi connectivity index (χ1) is 11.5. The standard InChI is InChI=1S/C15H12N2O7S/c1-4-2-5(16)8-10(12(4)18)14(20)9-6(17)3-7(25(22,23)24)13(19)11(9)15(8)21/h2-3,18-19H,16-17H2,1H3,(H,22,23,24). The lowest BCUT2D eigenvalue weighted by atomic mass is 9.80. The Morgan fingerprint density at radius 1 is 0.840 bits per heavy atom. The molecule has 3 rings (SSSR count).